The van der Waals surface area contributed by atoms with E-state index in [1.807, 2.05) is 73.7 Å². The smallest absolute Gasteiger partial charge is 0.410 e. The summed E-state index contributed by atoms with van der Waals surface area (Å²) in [7, 11) is 2.06. The van der Waals surface area contributed by atoms with Gasteiger partial charge in [0.25, 0.3) is 0 Å². The van der Waals surface area contributed by atoms with Crippen molar-refractivity contribution in [2.45, 2.75) is 32.3 Å². The maximum atomic E-state index is 12.7. The van der Waals surface area contributed by atoms with Gasteiger partial charge in [0.2, 0.25) is 6.79 Å². The van der Waals surface area contributed by atoms with Crippen molar-refractivity contribution in [1.82, 2.24) is 19.4 Å². The number of aryl methyl sites for hydroxylation is 1. The Bertz CT molecular complexity index is 1460. The number of carbonyl (C=O) groups is 1. The van der Waals surface area contributed by atoms with Gasteiger partial charge in [0.05, 0.1) is 11.4 Å². The van der Waals surface area contributed by atoms with Crippen LogP contribution in [-0.4, -0.2) is 45.4 Å². The van der Waals surface area contributed by atoms with Crippen molar-refractivity contribution in [3.63, 3.8) is 0 Å². The molecular formula is C30H30N4O4. The van der Waals surface area contributed by atoms with E-state index in [1.165, 1.54) is 0 Å². The molecule has 2 aliphatic rings. The Labute approximate surface area is 221 Å². The first-order valence-corrected chi connectivity index (χ1v) is 12.9. The highest BCUT2D eigenvalue weighted by molar-refractivity contribution is 5.79. The van der Waals surface area contributed by atoms with Gasteiger partial charge < -0.3 is 23.7 Å². The summed E-state index contributed by atoms with van der Waals surface area (Å²) in [6, 6.07) is 21.7. The molecule has 2 aromatic carbocycles. The molecule has 38 heavy (non-hydrogen) atoms. The van der Waals surface area contributed by atoms with Crippen LogP contribution in [0, 0.1) is 6.92 Å². The summed E-state index contributed by atoms with van der Waals surface area (Å²) < 4.78 is 18.9. The molecule has 1 amide bonds. The number of rotatable bonds is 5. The van der Waals surface area contributed by atoms with Crippen LogP contribution in [0.3, 0.4) is 0 Å². The number of ether oxygens (including phenoxy) is 3. The summed E-state index contributed by atoms with van der Waals surface area (Å²) in [6.45, 7) is 3.75. The summed E-state index contributed by atoms with van der Waals surface area (Å²) in [5.74, 6) is 2.69. The van der Waals surface area contributed by atoms with E-state index in [9.17, 15) is 4.79 Å². The average Bonchev–Trinajstić information content (AvgIpc) is 3.56. The van der Waals surface area contributed by atoms with Gasteiger partial charge in [-0.05, 0) is 55.7 Å². The van der Waals surface area contributed by atoms with Crippen molar-refractivity contribution in [3.8, 4) is 34.1 Å². The van der Waals surface area contributed by atoms with Crippen molar-refractivity contribution in [2.24, 2.45) is 7.05 Å². The minimum Gasteiger partial charge on any atom is -0.454 e. The third-order valence-electron chi connectivity index (χ3n) is 7.23. The van der Waals surface area contributed by atoms with Gasteiger partial charge >= 0.3 is 6.09 Å². The largest absolute Gasteiger partial charge is 0.454 e. The molecule has 0 atom stereocenters. The number of hydrogen-bond donors (Lipinski definition) is 0. The van der Waals surface area contributed by atoms with Gasteiger partial charge in [-0.3, -0.25) is 4.98 Å². The third-order valence-corrected chi connectivity index (χ3v) is 7.23. The normalized spacial score (nSPS) is 15.1. The van der Waals surface area contributed by atoms with Crippen LogP contribution in [0.15, 0.2) is 66.7 Å². The monoisotopic (exact) mass is 510 g/mol. The number of benzene rings is 2. The second-order valence-electron chi connectivity index (χ2n) is 9.76. The number of fused-ring (bicyclic) bond motifs is 1. The number of carbonyl (C=O) groups excluding carboxylic acids is 1. The second-order valence-corrected chi connectivity index (χ2v) is 9.76. The fourth-order valence-electron chi connectivity index (χ4n) is 5.24. The fraction of sp³-hybridized carbons (Fsp3) is 0.300. The van der Waals surface area contributed by atoms with E-state index in [1.54, 1.807) is 4.90 Å². The molecule has 2 aromatic heterocycles. The molecule has 0 radical (unpaired) electrons. The molecule has 6 rings (SSSR count). The number of hydrogen-bond acceptors (Lipinski definition) is 6. The van der Waals surface area contributed by atoms with Crippen molar-refractivity contribution in [3.05, 3.63) is 83.8 Å². The predicted molar refractivity (Wildman–Crippen MR) is 143 cm³/mol. The molecule has 8 nitrogen and oxygen atoms in total. The Hall–Kier alpha value is -4.33. The molecule has 0 saturated carbocycles. The highest BCUT2D eigenvalue weighted by atomic mass is 16.7. The van der Waals surface area contributed by atoms with Gasteiger partial charge in [0.1, 0.15) is 18.1 Å². The zero-order valence-corrected chi connectivity index (χ0v) is 21.6. The Morgan fingerprint density at radius 3 is 2.55 bits per heavy atom. The summed E-state index contributed by atoms with van der Waals surface area (Å²) in [5.41, 5.74) is 5.58. The molecule has 0 N–H and O–H groups in total. The Kier molecular flexibility index (Phi) is 6.45. The van der Waals surface area contributed by atoms with E-state index >= 15 is 0 Å². The van der Waals surface area contributed by atoms with Gasteiger partial charge in [-0.25, -0.2) is 9.78 Å². The van der Waals surface area contributed by atoms with E-state index in [0.717, 1.165) is 64.1 Å². The van der Waals surface area contributed by atoms with E-state index in [4.69, 9.17) is 24.2 Å². The average molecular weight is 511 g/mol. The Morgan fingerprint density at radius 1 is 0.974 bits per heavy atom. The topological polar surface area (TPSA) is 78.7 Å². The minimum absolute atomic E-state index is 0.212. The second kappa shape index (κ2) is 10.2. The maximum absolute atomic E-state index is 12.7. The van der Waals surface area contributed by atoms with E-state index in [2.05, 4.69) is 11.6 Å². The van der Waals surface area contributed by atoms with Crippen LogP contribution in [-0.2, 0) is 18.4 Å². The Balaban J connectivity index is 1.24. The van der Waals surface area contributed by atoms with E-state index in [0.29, 0.717) is 13.1 Å². The van der Waals surface area contributed by atoms with Crippen LogP contribution in [0.5, 0.6) is 11.5 Å². The number of piperidine rings is 1. The number of likely N-dealkylation sites (tertiary alicyclic amines) is 1. The third kappa shape index (κ3) is 4.69. The first-order chi connectivity index (χ1) is 18.6. The summed E-state index contributed by atoms with van der Waals surface area (Å²) >= 11 is 0. The number of pyridine rings is 1. The SMILES string of the molecule is Cc1cccc(-c2nc(C3CCN(C(=O)OCc4ccccc4)CC3)n(C)c2-c2ccc3c(c2)OCO3)n1. The number of nitrogens with zero attached hydrogens (tertiary/aromatic N) is 4. The van der Waals surface area contributed by atoms with Gasteiger partial charge in [-0.1, -0.05) is 36.4 Å². The Morgan fingerprint density at radius 2 is 1.76 bits per heavy atom. The number of imidazole rings is 1. The maximum Gasteiger partial charge on any atom is 0.410 e. The number of amides is 1. The van der Waals surface area contributed by atoms with Crippen LogP contribution in [0.4, 0.5) is 4.79 Å². The van der Waals surface area contributed by atoms with Crippen molar-refractivity contribution in [1.29, 1.82) is 0 Å². The molecule has 4 aromatic rings. The zero-order valence-electron chi connectivity index (χ0n) is 21.6. The molecule has 0 bridgehead atoms. The van der Waals surface area contributed by atoms with E-state index < -0.39 is 0 Å². The van der Waals surface area contributed by atoms with Crippen LogP contribution in [0.2, 0.25) is 0 Å². The molecule has 0 unspecified atom stereocenters. The lowest BCUT2D eigenvalue weighted by Gasteiger charge is -2.31. The quantitative estimate of drug-likeness (QED) is 0.343. The molecular weight excluding hydrogens is 480 g/mol. The summed E-state index contributed by atoms with van der Waals surface area (Å²) in [6.07, 6.45) is 1.36. The molecule has 1 fully saturated rings. The fourth-order valence-corrected chi connectivity index (χ4v) is 5.24. The highest BCUT2D eigenvalue weighted by Gasteiger charge is 2.30. The van der Waals surface area contributed by atoms with Crippen LogP contribution in [0.1, 0.15) is 35.8 Å². The van der Waals surface area contributed by atoms with Crippen LogP contribution < -0.4 is 9.47 Å². The van der Waals surface area contributed by atoms with Crippen LogP contribution in [0.25, 0.3) is 22.6 Å². The van der Waals surface area contributed by atoms with Crippen molar-refractivity contribution >= 4 is 6.09 Å². The van der Waals surface area contributed by atoms with Crippen molar-refractivity contribution in [2.75, 3.05) is 19.9 Å². The van der Waals surface area contributed by atoms with Gasteiger partial charge in [-0.2, -0.15) is 0 Å². The first kappa shape index (κ1) is 24.0. The van der Waals surface area contributed by atoms with Gasteiger partial charge in [-0.15, -0.1) is 0 Å². The van der Waals surface area contributed by atoms with E-state index in [-0.39, 0.29) is 25.4 Å². The lowest BCUT2D eigenvalue weighted by molar-refractivity contribution is 0.0865. The van der Waals surface area contributed by atoms with Crippen LogP contribution >= 0.6 is 0 Å². The highest BCUT2D eigenvalue weighted by Crippen LogP contribution is 2.41. The molecule has 0 spiro atoms. The lowest BCUT2D eigenvalue weighted by atomic mass is 9.96. The number of aromatic nitrogens is 3. The van der Waals surface area contributed by atoms with Gasteiger partial charge in [0, 0.05) is 37.3 Å². The van der Waals surface area contributed by atoms with Gasteiger partial charge in [0.15, 0.2) is 11.5 Å². The molecule has 194 valence electrons. The first-order valence-electron chi connectivity index (χ1n) is 12.9. The lowest BCUT2D eigenvalue weighted by Crippen LogP contribution is -2.38. The van der Waals surface area contributed by atoms with Crippen molar-refractivity contribution < 1.29 is 19.0 Å². The predicted octanol–water partition coefficient (Wildman–Crippen LogP) is 5.70. The molecule has 0 aliphatic carbocycles. The molecule has 1 saturated heterocycles. The molecule has 4 heterocycles. The molecule has 2 aliphatic heterocycles. The summed E-state index contributed by atoms with van der Waals surface area (Å²) in [5, 5.41) is 0. The standard InChI is InChI=1S/C30H30N4O4/c1-20-7-6-10-24(31-20)27-28(23-11-12-25-26(17-23)38-19-37-25)33(2)29(32-27)22-13-15-34(16-14-22)30(35)36-18-21-8-4-3-5-9-21/h3-12,17,22H,13-16,18-19H2,1-2H3. The minimum atomic E-state index is -0.266. The molecule has 8 heteroatoms. The zero-order chi connectivity index (χ0) is 26.1. The summed E-state index contributed by atoms with van der Waals surface area (Å²) in [4.78, 5) is 24.4.